The number of ether oxygens (including phenoxy) is 2. The van der Waals surface area contributed by atoms with Crippen LogP contribution in [0.5, 0.6) is 11.5 Å². The number of nitrogens with zero attached hydrogens (tertiary/aromatic N) is 1. The van der Waals surface area contributed by atoms with Crippen LogP contribution in [-0.4, -0.2) is 18.7 Å². The summed E-state index contributed by atoms with van der Waals surface area (Å²) in [6, 6.07) is 4.00. The molecular formula is C13H19N3O2. The van der Waals surface area contributed by atoms with Gasteiger partial charge in [0.25, 0.3) is 0 Å². The molecule has 1 aliphatic rings. The smallest absolute Gasteiger partial charge is 0.186 e. The first-order valence-corrected chi connectivity index (χ1v) is 6.10. The number of aliphatic imine (C=N–C) groups is 1. The number of rotatable bonds is 4. The van der Waals surface area contributed by atoms with Gasteiger partial charge in [-0.1, -0.05) is 0 Å². The van der Waals surface area contributed by atoms with Crippen LogP contribution in [0.25, 0.3) is 0 Å². The molecule has 0 saturated carbocycles. The van der Waals surface area contributed by atoms with Gasteiger partial charge in [-0.25, -0.2) is 4.99 Å². The van der Waals surface area contributed by atoms with Crippen molar-refractivity contribution in [1.82, 2.24) is 0 Å². The fourth-order valence-corrected chi connectivity index (χ4v) is 2.07. The molecule has 1 unspecified atom stereocenters. The monoisotopic (exact) mass is 249 g/mol. The molecule has 0 bridgehead atoms. The maximum Gasteiger partial charge on any atom is 0.186 e. The number of benzene rings is 1. The van der Waals surface area contributed by atoms with Crippen LogP contribution in [0.1, 0.15) is 25.0 Å². The van der Waals surface area contributed by atoms with Gasteiger partial charge in [0.05, 0.1) is 13.2 Å². The second-order valence-electron chi connectivity index (χ2n) is 4.37. The molecular weight excluding hydrogens is 230 g/mol. The van der Waals surface area contributed by atoms with Crippen molar-refractivity contribution < 1.29 is 9.47 Å². The Kier molecular flexibility index (Phi) is 3.60. The van der Waals surface area contributed by atoms with Gasteiger partial charge < -0.3 is 20.9 Å². The normalized spacial score (nSPS) is 16.9. The van der Waals surface area contributed by atoms with Crippen LogP contribution in [0.2, 0.25) is 0 Å². The highest BCUT2D eigenvalue weighted by molar-refractivity contribution is 5.75. The van der Waals surface area contributed by atoms with E-state index in [1.165, 1.54) is 5.56 Å². The molecule has 0 saturated heterocycles. The number of guanidine groups is 1. The van der Waals surface area contributed by atoms with Crippen molar-refractivity contribution in [3.63, 3.8) is 0 Å². The van der Waals surface area contributed by atoms with Crippen molar-refractivity contribution in [1.29, 1.82) is 0 Å². The first kappa shape index (κ1) is 12.5. The highest BCUT2D eigenvalue weighted by atomic mass is 16.5. The van der Waals surface area contributed by atoms with E-state index >= 15 is 0 Å². The summed E-state index contributed by atoms with van der Waals surface area (Å²) in [5, 5.41) is 0. The molecule has 1 aliphatic heterocycles. The highest BCUT2D eigenvalue weighted by Crippen LogP contribution is 2.35. The molecule has 98 valence electrons. The Labute approximate surface area is 107 Å². The summed E-state index contributed by atoms with van der Waals surface area (Å²) in [7, 11) is 0. The summed E-state index contributed by atoms with van der Waals surface area (Å²) in [5.41, 5.74) is 12.8. The van der Waals surface area contributed by atoms with E-state index in [2.05, 4.69) is 11.9 Å². The maximum atomic E-state index is 5.72. The van der Waals surface area contributed by atoms with Gasteiger partial charge in [0, 0.05) is 17.5 Å². The third-order valence-corrected chi connectivity index (χ3v) is 2.81. The summed E-state index contributed by atoms with van der Waals surface area (Å²) in [6.07, 6.45) is 1.13. The molecule has 18 heavy (non-hydrogen) atoms. The average molecular weight is 249 g/mol. The molecule has 5 nitrogen and oxygen atoms in total. The Hall–Kier alpha value is -1.91. The second-order valence-corrected chi connectivity index (χ2v) is 4.37. The van der Waals surface area contributed by atoms with Gasteiger partial charge in [-0.2, -0.15) is 0 Å². The first-order valence-electron chi connectivity index (χ1n) is 6.10. The summed E-state index contributed by atoms with van der Waals surface area (Å²) < 4.78 is 11.3. The van der Waals surface area contributed by atoms with Crippen molar-refractivity contribution in [2.24, 2.45) is 16.5 Å². The van der Waals surface area contributed by atoms with Gasteiger partial charge in [-0.3, -0.25) is 0 Å². The van der Waals surface area contributed by atoms with Gasteiger partial charge in [0.15, 0.2) is 5.96 Å². The van der Waals surface area contributed by atoms with Crippen LogP contribution in [-0.2, 0) is 13.0 Å². The van der Waals surface area contributed by atoms with Crippen molar-refractivity contribution in [2.75, 3.05) is 6.61 Å². The number of hydrogen-bond acceptors (Lipinski definition) is 3. The van der Waals surface area contributed by atoms with Crippen LogP contribution in [0, 0.1) is 0 Å². The maximum absolute atomic E-state index is 5.72. The molecule has 0 amide bonds. The Balaban J connectivity index is 2.32. The molecule has 1 atom stereocenters. The predicted molar refractivity (Wildman–Crippen MR) is 70.9 cm³/mol. The quantitative estimate of drug-likeness (QED) is 0.620. The van der Waals surface area contributed by atoms with Crippen LogP contribution in [0.15, 0.2) is 17.1 Å². The van der Waals surface area contributed by atoms with E-state index in [1.54, 1.807) is 0 Å². The Morgan fingerprint density at radius 3 is 2.94 bits per heavy atom. The zero-order chi connectivity index (χ0) is 13.1. The van der Waals surface area contributed by atoms with E-state index in [1.807, 2.05) is 19.1 Å². The molecule has 0 aliphatic carbocycles. The van der Waals surface area contributed by atoms with Crippen LogP contribution in [0.3, 0.4) is 0 Å². The minimum absolute atomic E-state index is 0.0761. The number of hydrogen-bond donors (Lipinski definition) is 2. The number of nitrogens with two attached hydrogens (primary N) is 2. The molecule has 0 fully saturated rings. The lowest BCUT2D eigenvalue weighted by atomic mass is 10.1. The van der Waals surface area contributed by atoms with E-state index in [-0.39, 0.29) is 12.1 Å². The van der Waals surface area contributed by atoms with Crippen molar-refractivity contribution in [2.45, 2.75) is 32.9 Å². The van der Waals surface area contributed by atoms with Crippen molar-refractivity contribution in [3.8, 4) is 11.5 Å². The molecule has 0 radical (unpaired) electrons. The standard InChI is InChI=1S/C13H19N3O2/c1-3-17-11-5-9-4-8(2)18-12(9)6-10(11)7-16-13(14)15/h5-6,8H,3-4,7H2,1-2H3,(H4,14,15,16). The molecule has 0 spiro atoms. The SMILES string of the molecule is CCOc1cc2c(cc1CN=C(N)N)OC(C)C2. The van der Waals surface area contributed by atoms with Crippen LogP contribution < -0.4 is 20.9 Å². The fourth-order valence-electron chi connectivity index (χ4n) is 2.07. The summed E-state index contributed by atoms with van der Waals surface area (Å²) in [6.45, 7) is 5.03. The Morgan fingerprint density at radius 1 is 1.50 bits per heavy atom. The van der Waals surface area contributed by atoms with Crippen LogP contribution >= 0.6 is 0 Å². The van der Waals surface area contributed by atoms with E-state index in [0.717, 1.165) is 23.5 Å². The van der Waals surface area contributed by atoms with Gasteiger partial charge in [-0.05, 0) is 26.0 Å². The van der Waals surface area contributed by atoms with Gasteiger partial charge >= 0.3 is 0 Å². The number of fused-ring (bicyclic) bond motifs is 1. The third-order valence-electron chi connectivity index (χ3n) is 2.81. The molecule has 1 aromatic carbocycles. The zero-order valence-corrected chi connectivity index (χ0v) is 10.8. The second kappa shape index (κ2) is 5.16. The molecule has 5 heteroatoms. The molecule has 2 rings (SSSR count). The topological polar surface area (TPSA) is 82.9 Å². The van der Waals surface area contributed by atoms with Crippen molar-refractivity contribution >= 4 is 5.96 Å². The van der Waals surface area contributed by atoms with E-state index in [4.69, 9.17) is 20.9 Å². The average Bonchev–Trinajstić information content (AvgIpc) is 2.65. The van der Waals surface area contributed by atoms with Gasteiger partial charge in [0.1, 0.15) is 17.6 Å². The summed E-state index contributed by atoms with van der Waals surface area (Å²) in [5.74, 6) is 1.82. The lowest BCUT2D eigenvalue weighted by Gasteiger charge is -2.11. The fraction of sp³-hybridized carbons (Fsp3) is 0.462. The minimum atomic E-state index is 0.0761. The van der Waals surface area contributed by atoms with Crippen LogP contribution in [0.4, 0.5) is 0 Å². The molecule has 4 N–H and O–H groups in total. The zero-order valence-electron chi connectivity index (χ0n) is 10.8. The van der Waals surface area contributed by atoms with E-state index in [0.29, 0.717) is 13.2 Å². The third kappa shape index (κ3) is 2.67. The lowest BCUT2D eigenvalue weighted by Crippen LogP contribution is -2.22. The summed E-state index contributed by atoms with van der Waals surface area (Å²) >= 11 is 0. The van der Waals surface area contributed by atoms with Gasteiger partial charge in [0.2, 0.25) is 0 Å². The van der Waals surface area contributed by atoms with Crippen molar-refractivity contribution in [3.05, 3.63) is 23.3 Å². The Morgan fingerprint density at radius 2 is 2.28 bits per heavy atom. The highest BCUT2D eigenvalue weighted by Gasteiger charge is 2.21. The van der Waals surface area contributed by atoms with E-state index in [9.17, 15) is 0 Å². The molecule has 1 heterocycles. The first-order chi connectivity index (χ1) is 8.60. The minimum Gasteiger partial charge on any atom is -0.494 e. The lowest BCUT2D eigenvalue weighted by molar-refractivity contribution is 0.254. The summed E-state index contributed by atoms with van der Waals surface area (Å²) in [4.78, 5) is 4.02. The molecule has 0 aromatic heterocycles. The Bertz CT molecular complexity index is 468. The largest absolute Gasteiger partial charge is 0.494 e. The predicted octanol–water partition coefficient (Wildman–Crippen LogP) is 1.18. The van der Waals surface area contributed by atoms with E-state index < -0.39 is 0 Å². The van der Waals surface area contributed by atoms with Gasteiger partial charge in [-0.15, -0.1) is 0 Å². The molecule has 1 aromatic rings.